The smallest absolute Gasteiger partial charge is 0.324 e. The molecule has 14 heavy (non-hydrogen) atoms. The standard InChI is InChI=1S/C9H11ClO4/c1-5(10)9(12)14-8-4-6(13-2)3-7(8)11/h3,5,8H,4H2,1-2H3. The fourth-order valence-electron chi connectivity index (χ4n) is 1.07. The molecule has 0 aromatic heterocycles. The molecule has 78 valence electrons. The summed E-state index contributed by atoms with van der Waals surface area (Å²) in [4.78, 5) is 22.3. The number of halogens is 1. The highest BCUT2D eigenvalue weighted by atomic mass is 35.5. The van der Waals surface area contributed by atoms with E-state index in [4.69, 9.17) is 21.1 Å². The second-order valence-electron chi connectivity index (χ2n) is 2.96. The molecule has 0 saturated carbocycles. The lowest BCUT2D eigenvalue weighted by atomic mass is 10.2. The number of carbonyl (C=O) groups excluding carboxylic acids is 2. The van der Waals surface area contributed by atoms with Gasteiger partial charge in [0.05, 0.1) is 7.11 Å². The first-order valence-electron chi connectivity index (χ1n) is 4.17. The first-order chi connectivity index (χ1) is 6.54. The van der Waals surface area contributed by atoms with Crippen LogP contribution in [0.4, 0.5) is 0 Å². The Balaban J connectivity index is 2.51. The van der Waals surface area contributed by atoms with Crippen LogP contribution in [0.1, 0.15) is 13.3 Å². The molecule has 4 nitrogen and oxygen atoms in total. The summed E-state index contributed by atoms with van der Waals surface area (Å²) in [6, 6.07) is 0. The van der Waals surface area contributed by atoms with E-state index in [0.29, 0.717) is 12.2 Å². The summed E-state index contributed by atoms with van der Waals surface area (Å²) in [6.45, 7) is 1.49. The Morgan fingerprint density at radius 1 is 1.71 bits per heavy atom. The van der Waals surface area contributed by atoms with Crippen molar-refractivity contribution in [2.75, 3.05) is 7.11 Å². The molecule has 0 aliphatic heterocycles. The van der Waals surface area contributed by atoms with Crippen molar-refractivity contribution in [3.63, 3.8) is 0 Å². The first-order valence-corrected chi connectivity index (χ1v) is 4.61. The van der Waals surface area contributed by atoms with Crippen LogP contribution in [0.25, 0.3) is 0 Å². The van der Waals surface area contributed by atoms with Crippen molar-refractivity contribution >= 4 is 23.4 Å². The predicted molar refractivity (Wildman–Crippen MR) is 49.9 cm³/mol. The van der Waals surface area contributed by atoms with Gasteiger partial charge in [0.1, 0.15) is 11.1 Å². The molecule has 0 N–H and O–H groups in total. The number of ketones is 1. The minimum Gasteiger partial charge on any atom is -0.501 e. The van der Waals surface area contributed by atoms with Crippen LogP contribution in [0, 0.1) is 0 Å². The van der Waals surface area contributed by atoms with Crippen LogP contribution >= 0.6 is 11.6 Å². The van der Waals surface area contributed by atoms with Gasteiger partial charge in [-0.05, 0) is 6.92 Å². The molecule has 0 radical (unpaired) electrons. The second-order valence-corrected chi connectivity index (χ2v) is 3.62. The van der Waals surface area contributed by atoms with Gasteiger partial charge in [-0.1, -0.05) is 0 Å². The molecule has 0 spiro atoms. The Morgan fingerprint density at radius 3 is 2.79 bits per heavy atom. The van der Waals surface area contributed by atoms with E-state index in [2.05, 4.69) is 0 Å². The molecule has 0 aromatic rings. The molecule has 1 aliphatic carbocycles. The summed E-state index contributed by atoms with van der Waals surface area (Å²) in [7, 11) is 1.47. The van der Waals surface area contributed by atoms with Crippen LogP contribution in [0.15, 0.2) is 11.8 Å². The van der Waals surface area contributed by atoms with Gasteiger partial charge in [0.2, 0.25) is 0 Å². The van der Waals surface area contributed by atoms with Crippen LogP contribution < -0.4 is 0 Å². The van der Waals surface area contributed by atoms with Crippen molar-refractivity contribution in [3.8, 4) is 0 Å². The highest BCUT2D eigenvalue weighted by molar-refractivity contribution is 6.29. The number of ether oxygens (including phenoxy) is 2. The highest BCUT2D eigenvalue weighted by Gasteiger charge is 2.30. The van der Waals surface area contributed by atoms with Gasteiger partial charge in [-0.15, -0.1) is 11.6 Å². The van der Waals surface area contributed by atoms with Crippen molar-refractivity contribution in [2.24, 2.45) is 0 Å². The number of carbonyl (C=O) groups is 2. The van der Waals surface area contributed by atoms with E-state index in [1.165, 1.54) is 20.1 Å². The average Bonchev–Trinajstić information content (AvgIpc) is 2.47. The summed E-state index contributed by atoms with van der Waals surface area (Å²) < 4.78 is 9.73. The van der Waals surface area contributed by atoms with Crippen LogP contribution in [0.3, 0.4) is 0 Å². The molecule has 1 aliphatic rings. The molecule has 2 unspecified atom stereocenters. The monoisotopic (exact) mass is 218 g/mol. The summed E-state index contributed by atoms with van der Waals surface area (Å²) in [6.07, 6.45) is 0.861. The number of rotatable bonds is 3. The van der Waals surface area contributed by atoms with Gasteiger partial charge in [0, 0.05) is 12.5 Å². The summed E-state index contributed by atoms with van der Waals surface area (Å²) in [5.74, 6) is -0.321. The van der Waals surface area contributed by atoms with E-state index in [1.54, 1.807) is 0 Å². The average molecular weight is 219 g/mol. The maximum absolute atomic E-state index is 11.2. The number of hydrogen-bond donors (Lipinski definition) is 0. The number of esters is 1. The SMILES string of the molecule is COC1=CC(=O)C(OC(=O)C(C)Cl)C1. The third-order valence-corrected chi connectivity index (χ3v) is 2.03. The van der Waals surface area contributed by atoms with Crippen molar-refractivity contribution in [3.05, 3.63) is 11.8 Å². The Kier molecular flexibility index (Phi) is 3.52. The Morgan fingerprint density at radius 2 is 2.36 bits per heavy atom. The molecule has 0 bridgehead atoms. The van der Waals surface area contributed by atoms with Crippen molar-refractivity contribution in [2.45, 2.75) is 24.8 Å². The molecule has 1 rings (SSSR count). The van der Waals surface area contributed by atoms with Crippen molar-refractivity contribution in [1.29, 1.82) is 0 Å². The molecule has 0 heterocycles. The third kappa shape index (κ3) is 2.48. The van der Waals surface area contributed by atoms with Gasteiger partial charge < -0.3 is 9.47 Å². The molecule has 2 atom stereocenters. The van der Waals surface area contributed by atoms with E-state index < -0.39 is 17.5 Å². The van der Waals surface area contributed by atoms with Crippen LogP contribution in [-0.4, -0.2) is 30.3 Å². The maximum Gasteiger partial charge on any atom is 0.324 e. The fraction of sp³-hybridized carbons (Fsp3) is 0.556. The lowest BCUT2D eigenvalue weighted by Gasteiger charge is -2.11. The predicted octanol–water partition coefficient (Wildman–Crippen LogP) is 1.03. The number of methoxy groups -OCH3 is 1. The van der Waals surface area contributed by atoms with Crippen LogP contribution in [0.2, 0.25) is 0 Å². The van der Waals surface area contributed by atoms with Crippen molar-refractivity contribution < 1.29 is 19.1 Å². The van der Waals surface area contributed by atoms with E-state index in [-0.39, 0.29) is 5.78 Å². The molecule has 5 heteroatoms. The summed E-state index contributed by atoms with van der Waals surface area (Å²) in [5, 5.41) is -0.741. The molecule has 0 amide bonds. The van der Waals surface area contributed by atoms with Crippen molar-refractivity contribution in [1.82, 2.24) is 0 Å². The third-order valence-electron chi connectivity index (χ3n) is 1.85. The van der Waals surface area contributed by atoms with Gasteiger partial charge >= 0.3 is 5.97 Å². The molecule has 0 fully saturated rings. The highest BCUT2D eigenvalue weighted by Crippen LogP contribution is 2.19. The quantitative estimate of drug-likeness (QED) is 0.525. The Bertz CT molecular complexity index is 283. The number of alkyl halides is 1. The zero-order chi connectivity index (χ0) is 10.7. The van der Waals surface area contributed by atoms with E-state index >= 15 is 0 Å². The van der Waals surface area contributed by atoms with Crippen LogP contribution in [0.5, 0.6) is 0 Å². The lowest BCUT2D eigenvalue weighted by Crippen LogP contribution is -2.26. The summed E-state index contributed by atoms with van der Waals surface area (Å²) in [5.41, 5.74) is 0. The van der Waals surface area contributed by atoms with Gasteiger partial charge in [0.15, 0.2) is 11.9 Å². The molecular weight excluding hydrogens is 208 g/mol. The van der Waals surface area contributed by atoms with Crippen LogP contribution in [-0.2, 0) is 19.1 Å². The van der Waals surface area contributed by atoms with Gasteiger partial charge in [-0.25, -0.2) is 0 Å². The lowest BCUT2D eigenvalue weighted by molar-refractivity contribution is -0.152. The fourth-order valence-corrected chi connectivity index (χ4v) is 1.12. The Labute approximate surface area is 86.8 Å². The zero-order valence-electron chi connectivity index (χ0n) is 7.95. The van der Waals surface area contributed by atoms with Gasteiger partial charge in [-0.3, -0.25) is 9.59 Å². The number of hydrogen-bond acceptors (Lipinski definition) is 4. The molecule has 0 saturated heterocycles. The minimum absolute atomic E-state index is 0.257. The maximum atomic E-state index is 11.2. The first kappa shape index (κ1) is 11.0. The Hall–Kier alpha value is -1.03. The van der Waals surface area contributed by atoms with E-state index in [0.717, 1.165) is 0 Å². The van der Waals surface area contributed by atoms with Gasteiger partial charge in [0.25, 0.3) is 0 Å². The zero-order valence-corrected chi connectivity index (χ0v) is 8.71. The van der Waals surface area contributed by atoms with E-state index in [9.17, 15) is 9.59 Å². The largest absolute Gasteiger partial charge is 0.501 e. The molecular formula is C9H11ClO4. The minimum atomic E-state index is -0.765. The molecule has 0 aromatic carbocycles. The van der Waals surface area contributed by atoms with E-state index in [1.807, 2.05) is 0 Å². The topological polar surface area (TPSA) is 52.6 Å². The van der Waals surface area contributed by atoms with Gasteiger partial charge in [-0.2, -0.15) is 0 Å². The second kappa shape index (κ2) is 4.46. The normalized spacial score (nSPS) is 22.9. The summed E-state index contributed by atoms with van der Waals surface area (Å²) >= 11 is 5.49.